The summed E-state index contributed by atoms with van der Waals surface area (Å²) >= 11 is 5.91. The summed E-state index contributed by atoms with van der Waals surface area (Å²) in [7, 11) is 2.00. The molecule has 0 saturated heterocycles. The molecule has 0 unspecified atom stereocenters. The van der Waals surface area contributed by atoms with Crippen LogP contribution in [0.25, 0.3) is 0 Å². The Morgan fingerprint density at radius 1 is 1.29 bits per heavy atom. The number of hydrogen-bond acceptors (Lipinski definition) is 2. The van der Waals surface area contributed by atoms with Crippen molar-refractivity contribution >= 4 is 47.4 Å². The summed E-state index contributed by atoms with van der Waals surface area (Å²) in [4.78, 5) is 18.2. The minimum absolute atomic E-state index is 0. The number of nitrogens with one attached hydrogen (secondary N) is 2. The molecule has 5 nitrogen and oxygen atoms in total. The van der Waals surface area contributed by atoms with Crippen molar-refractivity contribution in [1.29, 1.82) is 0 Å². The van der Waals surface area contributed by atoms with E-state index < -0.39 is 0 Å². The average Bonchev–Trinajstić information content (AvgIpc) is 3.37. The summed E-state index contributed by atoms with van der Waals surface area (Å²) in [5, 5.41) is 6.94. The molecule has 0 radical (unpaired) electrons. The number of amides is 1. The van der Waals surface area contributed by atoms with Crippen molar-refractivity contribution in [1.82, 2.24) is 15.5 Å². The number of rotatable bonds is 7. The molecule has 1 saturated carbocycles. The van der Waals surface area contributed by atoms with Crippen molar-refractivity contribution in [2.45, 2.75) is 26.3 Å². The molecular weight excluding hydrogens is 439 g/mol. The molecule has 1 aromatic rings. The largest absolute Gasteiger partial charge is 0.357 e. The van der Waals surface area contributed by atoms with Crippen LogP contribution in [0, 0.1) is 5.92 Å². The Morgan fingerprint density at radius 2 is 1.96 bits per heavy atom. The van der Waals surface area contributed by atoms with Gasteiger partial charge in [0.2, 0.25) is 5.91 Å². The average molecular weight is 465 g/mol. The van der Waals surface area contributed by atoms with Gasteiger partial charge in [0.05, 0.1) is 6.54 Å². The minimum atomic E-state index is 0. The van der Waals surface area contributed by atoms with Gasteiger partial charge in [-0.1, -0.05) is 23.7 Å². The van der Waals surface area contributed by atoms with E-state index in [-0.39, 0.29) is 35.8 Å². The van der Waals surface area contributed by atoms with E-state index in [0.717, 1.165) is 36.9 Å². The Bertz CT molecular complexity index is 546. The van der Waals surface area contributed by atoms with E-state index in [1.807, 2.05) is 38.2 Å². The van der Waals surface area contributed by atoms with E-state index in [0.29, 0.717) is 13.1 Å². The molecule has 134 valence electrons. The van der Waals surface area contributed by atoms with Crippen LogP contribution in [0.5, 0.6) is 0 Å². The molecule has 1 amide bonds. The molecule has 2 N–H and O–H groups in total. The first-order valence-corrected chi connectivity index (χ1v) is 8.49. The molecule has 0 heterocycles. The van der Waals surface area contributed by atoms with Crippen molar-refractivity contribution < 1.29 is 4.79 Å². The predicted molar refractivity (Wildman–Crippen MR) is 110 cm³/mol. The van der Waals surface area contributed by atoms with E-state index in [9.17, 15) is 4.79 Å². The predicted octanol–water partition coefficient (Wildman–Crippen LogP) is 2.88. The number of aliphatic imine (C=N–C) groups is 1. The Labute approximate surface area is 166 Å². The zero-order valence-electron chi connectivity index (χ0n) is 14.2. The molecule has 1 aliphatic carbocycles. The standard InChI is InChI=1S/C17H25ClN4O.HI/c1-3-19-17(21-11-10-20-16(23)14-6-7-14)22(2)12-13-4-8-15(18)9-5-13;/h4-5,8-9,14H,3,6-7,10-12H2,1-2H3,(H,19,21)(H,20,23);1H. The minimum Gasteiger partial charge on any atom is -0.357 e. The summed E-state index contributed by atoms with van der Waals surface area (Å²) in [6.07, 6.45) is 2.06. The molecule has 1 fully saturated rings. The van der Waals surface area contributed by atoms with Crippen LogP contribution < -0.4 is 10.6 Å². The summed E-state index contributed by atoms with van der Waals surface area (Å²) in [6.45, 7) is 4.75. The smallest absolute Gasteiger partial charge is 0.223 e. The Hall–Kier alpha value is -1.02. The molecular formula is C17H26ClIN4O. The van der Waals surface area contributed by atoms with Gasteiger partial charge in [0.25, 0.3) is 0 Å². The first-order chi connectivity index (χ1) is 11.1. The number of benzene rings is 1. The summed E-state index contributed by atoms with van der Waals surface area (Å²) < 4.78 is 0. The van der Waals surface area contributed by atoms with Gasteiger partial charge in [0.1, 0.15) is 0 Å². The molecule has 0 aromatic heterocycles. The van der Waals surface area contributed by atoms with Crippen molar-refractivity contribution in [3.63, 3.8) is 0 Å². The number of guanidine groups is 1. The molecule has 0 atom stereocenters. The summed E-state index contributed by atoms with van der Waals surface area (Å²) in [6, 6.07) is 7.81. The molecule has 2 rings (SSSR count). The Morgan fingerprint density at radius 3 is 2.54 bits per heavy atom. The van der Waals surface area contributed by atoms with E-state index >= 15 is 0 Å². The molecule has 1 aromatic carbocycles. The van der Waals surface area contributed by atoms with E-state index in [1.165, 1.54) is 5.56 Å². The quantitative estimate of drug-likeness (QED) is 0.282. The zero-order valence-corrected chi connectivity index (χ0v) is 17.3. The maximum absolute atomic E-state index is 11.6. The van der Waals surface area contributed by atoms with Crippen molar-refractivity contribution in [2.75, 3.05) is 26.7 Å². The second-order valence-corrected chi connectivity index (χ2v) is 6.22. The second-order valence-electron chi connectivity index (χ2n) is 5.78. The second kappa shape index (κ2) is 10.8. The number of nitrogens with zero attached hydrogens (tertiary/aromatic N) is 2. The van der Waals surface area contributed by atoms with Gasteiger partial charge >= 0.3 is 0 Å². The van der Waals surface area contributed by atoms with Gasteiger partial charge in [-0.05, 0) is 37.5 Å². The lowest BCUT2D eigenvalue weighted by Crippen LogP contribution is -2.39. The SMILES string of the molecule is CCNC(=NCCNC(=O)C1CC1)N(C)Cc1ccc(Cl)cc1.I. The highest BCUT2D eigenvalue weighted by molar-refractivity contribution is 14.0. The number of halogens is 2. The lowest BCUT2D eigenvalue weighted by Gasteiger charge is -2.22. The van der Waals surface area contributed by atoms with Gasteiger partial charge < -0.3 is 15.5 Å². The molecule has 24 heavy (non-hydrogen) atoms. The van der Waals surface area contributed by atoms with Crippen LogP contribution >= 0.6 is 35.6 Å². The molecule has 0 bridgehead atoms. The first-order valence-electron chi connectivity index (χ1n) is 8.11. The summed E-state index contributed by atoms with van der Waals surface area (Å²) in [5.41, 5.74) is 1.17. The molecule has 1 aliphatic rings. The zero-order chi connectivity index (χ0) is 16.7. The van der Waals surface area contributed by atoms with Gasteiger partial charge in [0.15, 0.2) is 5.96 Å². The lowest BCUT2D eigenvalue weighted by atomic mass is 10.2. The first kappa shape index (κ1) is 21.0. The van der Waals surface area contributed by atoms with Crippen molar-refractivity contribution in [3.05, 3.63) is 34.9 Å². The maximum Gasteiger partial charge on any atom is 0.223 e. The van der Waals surface area contributed by atoms with E-state index in [4.69, 9.17) is 11.6 Å². The molecule has 0 aliphatic heterocycles. The number of carbonyl (C=O) groups excluding carboxylic acids is 1. The third-order valence-electron chi connectivity index (χ3n) is 3.65. The molecule has 0 spiro atoms. The number of carbonyl (C=O) groups is 1. The highest BCUT2D eigenvalue weighted by atomic mass is 127. The van der Waals surface area contributed by atoms with Gasteiger partial charge in [-0.25, -0.2) is 0 Å². The third-order valence-corrected chi connectivity index (χ3v) is 3.90. The maximum atomic E-state index is 11.6. The van der Waals surface area contributed by atoms with Crippen LogP contribution in [-0.4, -0.2) is 43.4 Å². The van der Waals surface area contributed by atoms with Gasteiger partial charge in [0, 0.05) is 37.6 Å². The fourth-order valence-corrected chi connectivity index (χ4v) is 2.36. The summed E-state index contributed by atoms with van der Waals surface area (Å²) in [5.74, 6) is 1.25. The van der Waals surface area contributed by atoms with Crippen LogP contribution in [0.15, 0.2) is 29.3 Å². The highest BCUT2D eigenvalue weighted by Crippen LogP contribution is 2.28. The topological polar surface area (TPSA) is 56.7 Å². The van der Waals surface area contributed by atoms with Crippen LogP contribution in [-0.2, 0) is 11.3 Å². The number of hydrogen-bond donors (Lipinski definition) is 2. The normalized spacial score (nSPS) is 13.9. The van der Waals surface area contributed by atoms with Crippen LogP contribution in [0.2, 0.25) is 5.02 Å². The third kappa shape index (κ3) is 7.25. The van der Waals surface area contributed by atoms with Gasteiger partial charge in [-0.2, -0.15) is 0 Å². The fourth-order valence-electron chi connectivity index (χ4n) is 2.24. The van der Waals surface area contributed by atoms with Gasteiger partial charge in [-0.3, -0.25) is 9.79 Å². The Kier molecular flexibility index (Phi) is 9.43. The van der Waals surface area contributed by atoms with Crippen LogP contribution in [0.3, 0.4) is 0 Å². The van der Waals surface area contributed by atoms with Crippen molar-refractivity contribution in [3.8, 4) is 0 Å². The fraction of sp³-hybridized carbons (Fsp3) is 0.529. The monoisotopic (exact) mass is 464 g/mol. The van der Waals surface area contributed by atoms with Gasteiger partial charge in [-0.15, -0.1) is 24.0 Å². The lowest BCUT2D eigenvalue weighted by molar-refractivity contribution is -0.122. The van der Waals surface area contributed by atoms with Crippen LogP contribution in [0.1, 0.15) is 25.3 Å². The van der Waals surface area contributed by atoms with Crippen LogP contribution in [0.4, 0.5) is 0 Å². The highest BCUT2D eigenvalue weighted by Gasteiger charge is 2.28. The van der Waals surface area contributed by atoms with Crippen molar-refractivity contribution in [2.24, 2.45) is 10.9 Å². The molecule has 7 heteroatoms. The Balaban J connectivity index is 0.00000288. The van der Waals surface area contributed by atoms with E-state index in [1.54, 1.807) is 0 Å². The van der Waals surface area contributed by atoms with E-state index in [2.05, 4.69) is 20.5 Å².